The van der Waals surface area contributed by atoms with Crippen molar-refractivity contribution >= 4 is 44.9 Å². The highest BCUT2D eigenvalue weighted by molar-refractivity contribution is 8.18. The molecular weight excluding hydrogens is 545 g/mol. The molecule has 0 spiro atoms. The van der Waals surface area contributed by atoms with Gasteiger partial charge >= 0.3 is 6.18 Å². The lowest BCUT2D eigenvalue weighted by Gasteiger charge is -2.31. The van der Waals surface area contributed by atoms with Crippen molar-refractivity contribution in [1.29, 1.82) is 0 Å². The molecular formula is C24H23F3N4O5S2. The molecule has 1 N–H and O–H groups in total. The van der Waals surface area contributed by atoms with Crippen LogP contribution in [-0.4, -0.2) is 65.8 Å². The Bertz CT molecular complexity index is 1360. The molecule has 9 nitrogen and oxygen atoms in total. The first kappa shape index (κ1) is 27.8. The van der Waals surface area contributed by atoms with E-state index >= 15 is 0 Å². The predicted molar refractivity (Wildman–Crippen MR) is 133 cm³/mol. The molecule has 3 heterocycles. The Morgan fingerprint density at radius 3 is 2.50 bits per heavy atom. The second-order valence-electron chi connectivity index (χ2n) is 8.58. The highest BCUT2D eigenvalue weighted by Crippen LogP contribution is 2.36. The van der Waals surface area contributed by atoms with E-state index in [2.05, 4.69) is 10.3 Å². The van der Waals surface area contributed by atoms with Gasteiger partial charge in [-0.2, -0.15) is 17.5 Å². The first-order valence-corrected chi connectivity index (χ1v) is 13.8. The molecule has 2 aromatic rings. The van der Waals surface area contributed by atoms with Gasteiger partial charge in [-0.15, -0.1) is 0 Å². The van der Waals surface area contributed by atoms with Crippen molar-refractivity contribution < 1.29 is 36.0 Å². The fraction of sp³-hybridized carbons (Fsp3) is 0.333. The van der Waals surface area contributed by atoms with Gasteiger partial charge in [0, 0.05) is 44.5 Å². The molecule has 38 heavy (non-hydrogen) atoms. The van der Waals surface area contributed by atoms with Crippen LogP contribution in [0.25, 0.3) is 6.08 Å². The van der Waals surface area contributed by atoms with Gasteiger partial charge < -0.3 is 5.32 Å². The average Bonchev–Trinajstić information content (AvgIpc) is 3.16. The molecule has 1 aromatic heterocycles. The molecule has 2 fully saturated rings. The third-order valence-electron chi connectivity index (χ3n) is 6.13. The van der Waals surface area contributed by atoms with Gasteiger partial charge in [-0.1, -0.05) is 18.2 Å². The van der Waals surface area contributed by atoms with Crippen LogP contribution in [-0.2, 0) is 25.8 Å². The summed E-state index contributed by atoms with van der Waals surface area (Å²) in [6.45, 7) is -0.263. The molecule has 0 radical (unpaired) electrons. The number of hydrogen-bond donors (Lipinski definition) is 1. The number of piperidine rings is 1. The van der Waals surface area contributed by atoms with Crippen LogP contribution in [0.5, 0.6) is 0 Å². The smallest absolute Gasteiger partial charge is 0.354 e. The number of carbonyl (C=O) groups excluding carboxylic acids is 3. The third-order valence-corrected chi connectivity index (χ3v) is 8.99. The number of benzene rings is 1. The van der Waals surface area contributed by atoms with Gasteiger partial charge in [0.1, 0.15) is 0 Å². The number of aromatic nitrogens is 1. The number of carbonyl (C=O) groups is 3. The maximum absolute atomic E-state index is 13.3. The number of halogens is 3. The number of nitrogens with zero attached hydrogens (tertiary/aromatic N) is 3. The van der Waals surface area contributed by atoms with E-state index in [9.17, 15) is 36.0 Å². The average molecular weight is 569 g/mol. The van der Waals surface area contributed by atoms with Crippen molar-refractivity contribution in [2.75, 3.05) is 26.2 Å². The van der Waals surface area contributed by atoms with Crippen molar-refractivity contribution in [2.24, 2.45) is 5.92 Å². The maximum atomic E-state index is 13.3. The maximum Gasteiger partial charge on any atom is 0.417 e. The van der Waals surface area contributed by atoms with Gasteiger partial charge in [-0.05, 0) is 54.4 Å². The van der Waals surface area contributed by atoms with Gasteiger partial charge in [-0.3, -0.25) is 24.3 Å². The topological polar surface area (TPSA) is 117 Å². The quantitative estimate of drug-likeness (QED) is 0.509. The van der Waals surface area contributed by atoms with Crippen LogP contribution in [0.4, 0.5) is 18.0 Å². The summed E-state index contributed by atoms with van der Waals surface area (Å²) in [5.74, 6) is -1.41. The number of rotatable bonds is 7. The van der Waals surface area contributed by atoms with Gasteiger partial charge in [0.2, 0.25) is 15.9 Å². The largest absolute Gasteiger partial charge is 0.417 e. The second-order valence-corrected chi connectivity index (χ2v) is 11.5. The lowest BCUT2D eigenvalue weighted by atomic mass is 9.97. The van der Waals surface area contributed by atoms with Gasteiger partial charge in [0.15, 0.2) is 0 Å². The van der Waals surface area contributed by atoms with Crippen molar-refractivity contribution in [1.82, 2.24) is 19.5 Å². The van der Waals surface area contributed by atoms with Crippen LogP contribution >= 0.6 is 11.8 Å². The predicted octanol–water partition coefficient (Wildman–Crippen LogP) is 3.35. The van der Waals surface area contributed by atoms with E-state index in [0.29, 0.717) is 5.56 Å². The van der Waals surface area contributed by atoms with E-state index < -0.39 is 43.7 Å². The Hall–Kier alpha value is -3.23. The Kier molecular flexibility index (Phi) is 8.23. The number of alkyl halides is 3. The SMILES string of the molecule is O=C(NCCN1C(=O)SC(=Cc2cccnc2)C1=O)C1CCN(S(=O)(=O)c2ccccc2C(F)(F)F)CC1. The van der Waals surface area contributed by atoms with Crippen molar-refractivity contribution in [3.05, 3.63) is 64.8 Å². The zero-order valence-corrected chi connectivity index (χ0v) is 21.5. The highest BCUT2D eigenvalue weighted by atomic mass is 32.2. The minimum absolute atomic E-state index is 0.00845. The van der Waals surface area contributed by atoms with Gasteiger partial charge in [-0.25, -0.2) is 8.42 Å². The fourth-order valence-corrected chi connectivity index (χ4v) is 6.71. The summed E-state index contributed by atoms with van der Waals surface area (Å²) in [6.07, 6.45) is 0.115. The van der Waals surface area contributed by atoms with Gasteiger partial charge in [0.05, 0.1) is 15.4 Å². The van der Waals surface area contributed by atoms with E-state index in [0.717, 1.165) is 39.2 Å². The van der Waals surface area contributed by atoms with Crippen molar-refractivity contribution in [3.63, 3.8) is 0 Å². The molecule has 2 aliphatic heterocycles. The standard InChI is InChI=1S/C24H23F3N4O5S2/c25-24(26,27)18-5-1-2-6-20(18)38(35,36)30-11-7-17(8-12-30)21(32)29-10-13-31-22(33)19(37-23(31)34)14-16-4-3-9-28-15-16/h1-6,9,14-15,17H,7-8,10-13H2,(H,29,32). The number of hydrogen-bond acceptors (Lipinski definition) is 7. The molecule has 0 saturated carbocycles. The molecule has 202 valence electrons. The minimum Gasteiger partial charge on any atom is -0.354 e. The Balaban J connectivity index is 1.29. The monoisotopic (exact) mass is 568 g/mol. The van der Waals surface area contributed by atoms with Crippen LogP contribution in [0.3, 0.4) is 0 Å². The first-order chi connectivity index (χ1) is 18.0. The van der Waals surface area contributed by atoms with Crippen LogP contribution in [0.15, 0.2) is 58.6 Å². The molecule has 2 aliphatic rings. The zero-order valence-electron chi connectivity index (χ0n) is 19.8. The minimum atomic E-state index is -4.83. The summed E-state index contributed by atoms with van der Waals surface area (Å²) in [7, 11) is -4.40. The van der Waals surface area contributed by atoms with E-state index in [1.807, 2.05) is 0 Å². The molecule has 0 unspecified atom stereocenters. The number of pyridine rings is 1. The van der Waals surface area contributed by atoms with E-state index in [1.54, 1.807) is 30.6 Å². The zero-order chi connectivity index (χ0) is 27.5. The van der Waals surface area contributed by atoms with Crippen molar-refractivity contribution in [3.8, 4) is 0 Å². The highest BCUT2D eigenvalue weighted by Gasteiger charge is 2.40. The second kappa shape index (κ2) is 11.3. The summed E-state index contributed by atoms with van der Waals surface area (Å²) < 4.78 is 66.7. The first-order valence-electron chi connectivity index (χ1n) is 11.6. The lowest BCUT2D eigenvalue weighted by molar-refractivity contribution is -0.140. The molecule has 3 amide bonds. The fourth-order valence-electron chi connectivity index (χ4n) is 4.16. The molecule has 0 aliphatic carbocycles. The number of sulfonamides is 1. The molecule has 14 heteroatoms. The van der Waals surface area contributed by atoms with E-state index in [-0.39, 0.29) is 49.8 Å². The number of thioether (sulfide) groups is 1. The van der Waals surface area contributed by atoms with Crippen molar-refractivity contribution in [2.45, 2.75) is 23.9 Å². The summed E-state index contributed by atoms with van der Waals surface area (Å²) >= 11 is 0.792. The number of nitrogens with one attached hydrogen (secondary N) is 1. The Morgan fingerprint density at radius 1 is 1.13 bits per heavy atom. The summed E-state index contributed by atoms with van der Waals surface area (Å²) in [5.41, 5.74) is -0.566. The third kappa shape index (κ3) is 6.08. The molecule has 2 saturated heterocycles. The normalized spacial score (nSPS) is 18.8. The molecule has 4 rings (SSSR count). The van der Waals surface area contributed by atoms with Gasteiger partial charge in [0.25, 0.3) is 11.1 Å². The van der Waals surface area contributed by atoms with Crippen LogP contribution < -0.4 is 5.32 Å². The number of amides is 3. The van der Waals surface area contributed by atoms with E-state index in [1.165, 1.54) is 6.07 Å². The summed E-state index contributed by atoms with van der Waals surface area (Å²) in [5, 5.41) is 2.20. The summed E-state index contributed by atoms with van der Waals surface area (Å²) in [6, 6.07) is 7.44. The van der Waals surface area contributed by atoms with Crippen LogP contribution in [0, 0.1) is 5.92 Å². The number of imide groups is 1. The Labute approximate surface area is 221 Å². The summed E-state index contributed by atoms with van der Waals surface area (Å²) in [4.78, 5) is 41.9. The molecule has 0 atom stereocenters. The van der Waals surface area contributed by atoms with E-state index in [4.69, 9.17) is 0 Å². The molecule has 0 bridgehead atoms. The lowest BCUT2D eigenvalue weighted by Crippen LogP contribution is -2.44. The molecule has 1 aromatic carbocycles. The van der Waals surface area contributed by atoms with Crippen LogP contribution in [0.1, 0.15) is 24.0 Å². The Morgan fingerprint density at radius 2 is 1.84 bits per heavy atom. The van der Waals surface area contributed by atoms with Crippen LogP contribution in [0.2, 0.25) is 0 Å².